The van der Waals surface area contributed by atoms with Crippen molar-refractivity contribution >= 4 is 11.7 Å². The second-order valence-electron chi connectivity index (χ2n) is 5.18. The summed E-state index contributed by atoms with van der Waals surface area (Å²) in [6.45, 7) is 0.820. The van der Waals surface area contributed by atoms with Gasteiger partial charge in [0.15, 0.2) is 5.78 Å². The van der Waals surface area contributed by atoms with Crippen molar-refractivity contribution in [3.05, 3.63) is 35.9 Å². The van der Waals surface area contributed by atoms with E-state index < -0.39 is 0 Å². The maximum atomic E-state index is 12.2. The lowest BCUT2D eigenvalue weighted by atomic mass is 9.78. The number of amides is 1. The molecule has 2 fully saturated rings. The van der Waals surface area contributed by atoms with E-state index in [4.69, 9.17) is 0 Å². The summed E-state index contributed by atoms with van der Waals surface area (Å²) in [5.41, 5.74) is 1.06. The van der Waals surface area contributed by atoms with Crippen LogP contribution in [-0.2, 0) is 9.59 Å². The van der Waals surface area contributed by atoms with E-state index in [9.17, 15) is 9.59 Å². The highest BCUT2D eigenvalue weighted by molar-refractivity contribution is 6.04. The van der Waals surface area contributed by atoms with E-state index in [1.807, 2.05) is 35.2 Å². The van der Waals surface area contributed by atoms with Crippen molar-refractivity contribution in [2.45, 2.75) is 37.6 Å². The first-order valence-corrected chi connectivity index (χ1v) is 6.64. The molecule has 0 spiro atoms. The number of carbonyl (C=O) groups excluding carboxylic acids is 2. The molecule has 0 saturated carbocycles. The van der Waals surface area contributed by atoms with E-state index in [2.05, 4.69) is 0 Å². The van der Waals surface area contributed by atoms with Gasteiger partial charge in [0.25, 0.3) is 0 Å². The second kappa shape index (κ2) is 4.56. The Morgan fingerprint density at radius 2 is 1.83 bits per heavy atom. The molecule has 94 valence electrons. The smallest absolute Gasteiger partial charge is 0.230 e. The molecule has 3 heteroatoms. The summed E-state index contributed by atoms with van der Waals surface area (Å²) in [7, 11) is 0. The zero-order chi connectivity index (χ0) is 12.5. The fourth-order valence-corrected chi connectivity index (χ4v) is 3.26. The summed E-state index contributed by atoms with van der Waals surface area (Å²) >= 11 is 0. The van der Waals surface area contributed by atoms with Gasteiger partial charge in [-0.3, -0.25) is 9.59 Å². The first-order chi connectivity index (χ1) is 8.77. The molecule has 1 aromatic rings. The fraction of sp³-hybridized carbons (Fsp3) is 0.467. The van der Waals surface area contributed by atoms with Gasteiger partial charge in [-0.1, -0.05) is 30.3 Å². The highest BCUT2D eigenvalue weighted by Crippen LogP contribution is 2.35. The number of carbonyl (C=O) groups is 2. The lowest BCUT2D eigenvalue weighted by Gasteiger charge is -2.43. The Hall–Kier alpha value is -1.64. The van der Waals surface area contributed by atoms with Crippen LogP contribution in [-0.4, -0.2) is 29.2 Å². The zero-order valence-electron chi connectivity index (χ0n) is 10.3. The Kier molecular flexibility index (Phi) is 2.90. The van der Waals surface area contributed by atoms with Gasteiger partial charge in [-0.15, -0.1) is 0 Å². The summed E-state index contributed by atoms with van der Waals surface area (Å²) < 4.78 is 0. The van der Waals surface area contributed by atoms with Gasteiger partial charge in [-0.25, -0.2) is 0 Å². The molecule has 2 saturated heterocycles. The van der Waals surface area contributed by atoms with Crippen molar-refractivity contribution in [1.82, 2.24) is 4.90 Å². The van der Waals surface area contributed by atoms with Gasteiger partial charge >= 0.3 is 0 Å². The van der Waals surface area contributed by atoms with Crippen LogP contribution in [0.25, 0.3) is 0 Å². The summed E-state index contributed by atoms with van der Waals surface area (Å²) in [5.74, 6) is 0.00966. The van der Waals surface area contributed by atoms with Crippen molar-refractivity contribution < 1.29 is 9.59 Å². The van der Waals surface area contributed by atoms with Gasteiger partial charge in [-0.05, 0) is 24.8 Å². The van der Waals surface area contributed by atoms with Crippen LogP contribution in [0, 0.1) is 0 Å². The predicted octanol–water partition coefficient (Wildman–Crippen LogP) is 2.12. The average Bonchev–Trinajstić information content (AvgIpc) is 2.40. The molecular weight excluding hydrogens is 226 g/mol. The number of Topliss-reactive ketones (excluding diaryl/α,β-unsaturated/α-hetero) is 1. The van der Waals surface area contributed by atoms with Crippen LogP contribution >= 0.6 is 0 Å². The predicted molar refractivity (Wildman–Crippen MR) is 68.2 cm³/mol. The molecule has 1 aromatic carbocycles. The number of rotatable bonds is 1. The van der Waals surface area contributed by atoms with Gasteiger partial charge in [0.1, 0.15) is 0 Å². The number of fused-ring (bicyclic) bond motifs is 1. The van der Waals surface area contributed by atoms with Gasteiger partial charge in [0.2, 0.25) is 5.91 Å². The highest BCUT2D eigenvalue weighted by Gasteiger charge is 2.42. The number of ketones is 1. The van der Waals surface area contributed by atoms with Crippen molar-refractivity contribution in [3.63, 3.8) is 0 Å². The van der Waals surface area contributed by atoms with Crippen LogP contribution in [0.2, 0.25) is 0 Å². The molecule has 0 N–H and O–H groups in total. The zero-order valence-corrected chi connectivity index (χ0v) is 10.3. The lowest BCUT2D eigenvalue weighted by Crippen LogP contribution is -2.53. The van der Waals surface area contributed by atoms with Crippen LogP contribution in [0.15, 0.2) is 30.3 Å². The van der Waals surface area contributed by atoms with E-state index in [-0.39, 0.29) is 30.1 Å². The van der Waals surface area contributed by atoms with Crippen LogP contribution in [0.1, 0.15) is 37.2 Å². The van der Waals surface area contributed by atoms with Crippen molar-refractivity contribution in [1.29, 1.82) is 0 Å². The third-order valence-electron chi connectivity index (χ3n) is 4.09. The van der Waals surface area contributed by atoms with Gasteiger partial charge in [0.05, 0.1) is 12.3 Å². The number of hydrogen-bond acceptors (Lipinski definition) is 2. The molecule has 1 amide bonds. The molecule has 3 nitrogen and oxygen atoms in total. The molecule has 0 radical (unpaired) electrons. The molecular formula is C15H17NO2. The molecule has 2 atom stereocenters. The van der Waals surface area contributed by atoms with Crippen LogP contribution in [0.4, 0.5) is 0 Å². The largest absolute Gasteiger partial charge is 0.338 e. The highest BCUT2D eigenvalue weighted by atomic mass is 16.2. The summed E-state index contributed by atoms with van der Waals surface area (Å²) in [6, 6.07) is 9.99. The number of benzene rings is 1. The van der Waals surface area contributed by atoms with Crippen molar-refractivity contribution in [2.24, 2.45) is 0 Å². The standard InChI is InChI=1S/C15H17NO2/c17-13-10-14(18)16-9-5-4-8-12(16)15(13)11-6-2-1-3-7-11/h1-3,6-7,12,15H,4-5,8-10H2/t12-,15-/m1/s1. The maximum Gasteiger partial charge on any atom is 0.230 e. The topological polar surface area (TPSA) is 37.4 Å². The van der Waals surface area contributed by atoms with Crippen LogP contribution in [0.5, 0.6) is 0 Å². The minimum absolute atomic E-state index is 0.0249. The molecule has 2 aliphatic rings. The maximum absolute atomic E-state index is 12.2. The summed E-state index contributed by atoms with van der Waals surface area (Å²) in [5, 5.41) is 0. The first-order valence-electron chi connectivity index (χ1n) is 6.64. The Bertz CT molecular complexity index is 469. The lowest BCUT2D eigenvalue weighted by molar-refractivity contribution is -0.145. The SMILES string of the molecule is O=C1CC(=O)N2CCCC[C@@H]2[C@H]1c1ccccc1. The van der Waals surface area contributed by atoms with E-state index in [1.54, 1.807) is 0 Å². The van der Waals surface area contributed by atoms with Gasteiger partial charge in [-0.2, -0.15) is 0 Å². The molecule has 2 heterocycles. The molecule has 2 aliphatic heterocycles. The second-order valence-corrected chi connectivity index (χ2v) is 5.18. The molecule has 0 bridgehead atoms. The minimum Gasteiger partial charge on any atom is -0.338 e. The normalized spacial score (nSPS) is 28.1. The molecule has 18 heavy (non-hydrogen) atoms. The van der Waals surface area contributed by atoms with E-state index >= 15 is 0 Å². The van der Waals surface area contributed by atoms with Crippen LogP contribution < -0.4 is 0 Å². The fourth-order valence-electron chi connectivity index (χ4n) is 3.26. The van der Waals surface area contributed by atoms with E-state index in [0.29, 0.717) is 0 Å². The minimum atomic E-state index is -0.107. The van der Waals surface area contributed by atoms with Crippen molar-refractivity contribution in [3.8, 4) is 0 Å². The molecule has 0 aliphatic carbocycles. The number of hydrogen-bond donors (Lipinski definition) is 0. The Morgan fingerprint density at radius 1 is 1.06 bits per heavy atom. The number of nitrogens with zero attached hydrogens (tertiary/aromatic N) is 1. The first kappa shape index (κ1) is 11.5. The molecule has 3 rings (SSSR count). The van der Waals surface area contributed by atoms with E-state index in [0.717, 1.165) is 31.4 Å². The number of piperidine rings is 2. The third-order valence-corrected chi connectivity index (χ3v) is 4.09. The van der Waals surface area contributed by atoms with Gasteiger partial charge < -0.3 is 4.90 Å². The Labute approximate surface area is 107 Å². The summed E-state index contributed by atoms with van der Waals surface area (Å²) in [4.78, 5) is 26.1. The monoisotopic (exact) mass is 243 g/mol. The van der Waals surface area contributed by atoms with Crippen molar-refractivity contribution in [2.75, 3.05) is 6.54 Å². The quantitative estimate of drug-likeness (QED) is 0.708. The van der Waals surface area contributed by atoms with E-state index in [1.165, 1.54) is 0 Å². The Balaban J connectivity index is 1.96. The molecule has 0 unspecified atom stereocenters. The van der Waals surface area contributed by atoms with Gasteiger partial charge in [0, 0.05) is 12.6 Å². The third kappa shape index (κ3) is 1.84. The molecule has 0 aromatic heterocycles. The average molecular weight is 243 g/mol. The van der Waals surface area contributed by atoms with Crippen LogP contribution in [0.3, 0.4) is 0 Å². The summed E-state index contributed by atoms with van der Waals surface area (Å²) in [6.07, 6.45) is 3.22. The Morgan fingerprint density at radius 3 is 2.61 bits per heavy atom.